The third-order valence-corrected chi connectivity index (χ3v) is 3.93. The maximum absolute atomic E-state index is 5.59. The van der Waals surface area contributed by atoms with Crippen LogP contribution in [-0.2, 0) is 6.42 Å². The second-order valence-corrected chi connectivity index (χ2v) is 5.51. The van der Waals surface area contributed by atoms with Crippen LogP contribution in [0.25, 0.3) is 17.1 Å². The summed E-state index contributed by atoms with van der Waals surface area (Å²) in [5, 5.41) is 6.56. The van der Waals surface area contributed by atoms with Crippen LogP contribution in [0.4, 0.5) is 0 Å². The van der Waals surface area contributed by atoms with Crippen molar-refractivity contribution in [3.05, 3.63) is 52.3 Å². The fraction of sp³-hybridized carbons (Fsp3) is 0.200. The predicted molar refractivity (Wildman–Crippen MR) is 83.7 cm³/mol. The van der Waals surface area contributed by atoms with Gasteiger partial charge in [-0.1, -0.05) is 35.9 Å². The number of aromatic nitrogens is 3. The standard InChI is InChI=1S/C15H16N4S/c1-11-2-4-12(5-3-11)6-7-14-17-15-19(18-14)13(8-9-16)10-20-15/h2-7,10H,8-9,16H2,1H3. The Kier molecular flexibility index (Phi) is 3.62. The molecule has 102 valence electrons. The first-order valence-corrected chi connectivity index (χ1v) is 7.42. The van der Waals surface area contributed by atoms with Crippen molar-refractivity contribution in [3.8, 4) is 0 Å². The SMILES string of the molecule is Cc1ccc(C=Cc2nc3scc(CCN)n3n2)cc1. The first-order valence-electron chi connectivity index (χ1n) is 6.54. The van der Waals surface area contributed by atoms with Crippen molar-refractivity contribution in [2.24, 2.45) is 5.73 Å². The molecule has 0 amide bonds. The van der Waals surface area contributed by atoms with E-state index in [-0.39, 0.29) is 0 Å². The van der Waals surface area contributed by atoms with Gasteiger partial charge in [0, 0.05) is 11.8 Å². The van der Waals surface area contributed by atoms with E-state index < -0.39 is 0 Å². The lowest BCUT2D eigenvalue weighted by Crippen LogP contribution is -2.05. The van der Waals surface area contributed by atoms with Gasteiger partial charge >= 0.3 is 0 Å². The summed E-state index contributed by atoms with van der Waals surface area (Å²) >= 11 is 1.60. The summed E-state index contributed by atoms with van der Waals surface area (Å²) in [6, 6.07) is 8.37. The molecule has 2 heterocycles. The highest BCUT2D eigenvalue weighted by atomic mass is 32.1. The van der Waals surface area contributed by atoms with E-state index >= 15 is 0 Å². The van der Waals surface area contributed by atoms with E-state index in [1.165, 1.54) is 5.56 Å². The number of thiazole rings is 1. The summed E-state index contributed by atoms with van der Waals surface area (Å²) in [5.74, 6) is 0.732. The molecule has 3 aromatic rings. The molecule has 1 aromatic carbocycles. The second kappa shape index (κ2) is 5.56. The highest BCUT2D eigenvalue weighted by Gasteiger charge is 2.07. The van der Waals surface area contributed by atoms with E-state index in [9.17, 15) is 0 Å². The Morgan fingerprint density at radius 3 is 2.80 bits per heavy atom. The van der Waals surface area contributed by atoms with E-state index in [2.05, 4.69) is 46.7 Å². The summed E-state index contributed by atoms with van der Waals surface area (Å²) in [5.41, 5.74) is 9.12. The minimum Gasteiger partial charge on any atom is -0.330 e. The van der Waals surface area contributed by atoms with Gasteiger partial charge in [-0.2, -0.15) is 4.98 Å². The van der Waals surface area contributed by atoms with Gasteiger partial charge in [-0.05, 0) is 25.1 Å². The Morgan fingerprint density at radius 1 is 1.25 bits per heavy atom. The molecule has 0 saturated heterocycles. The van der Waals surface area contributed by atoms with Crippen LogP contribution >= 0.6 is 11.3 Å². The molecule has 0 bridgehead atoms. The maximum atomic E-state index is 5.59. The second-order valence-electron chi connectivity index (χ2n) is 4.67. The van der Waals surface area contributed by atoms with Crippen molar-refractivity contribution in [2.75, 3.05) is 6.54 Å². The number of hydrogen-bond acceptors (Lipinski definition) is 4. The molecule has 4 nitrogen and oxygen atoms in total. The zero-order chi connectivity index (χ0) is 13.9. The third kappa shape index (κ3) is 2.64. The number of fused-ring (bicyclic) bond motifs is 1. The molecule has 0 atom stereocenters. The van der Waals surface area contributed by atoms with Gasteiger partial charge in [0.25, 0.3) is 0 Å². The fourth-order valence-corrected chi connectivity index (χ4v) is 2.84. The van der Waals surface area contributed by atoms with E-state index in [0.29, 0.717) is 6.54 Å². The molecule has 0 aliphatic rings. The summed E-state index contributed by atoms with van der Waals surface area (Å²) in [4.78, 5) is 5.40. The van der Waals surface area contributed by atoms with E-state index in [1.54, 1.807) is 11.3 Å². The quantitative estimate of drug-likeness (QED) is 0.801. The average Bonchev–Trinajstić information content (AvgIpc) is 3.00. The molecule has 5 heteroatoms. The van der Waals surface area contributed by atoms with Gasteiger partial charge in [-0.25, -0.2) is 4.52 Å². The molecule has 0 aliphatic heterocycles. The van der Waals surface area contributed by atoms with Crippen LogP contribution in [0.2, 0.25) is 0 Å². The van der Waals surface area contributed by atoms with Gasteiger partial charge in [-0.3, -0.25) is 0 Å². The molecule has 20 heavy (non-hydrogen) atoms. The number of hydrogen-bond donors (Lipinski definition) is 1. The number of rotatable bonds is 4. The maximum Gasteiger partial charge on any atom is 0.212 e. The number of nitrogens with zero attached hydrogens (tertiary/aromatic N) is 3. The molecule has 0 spiro atoms. The van der Waals surface area contributed by atoms with E-state index in [4.69, 9.17) is 5.73 Å². The fourth-order valence-electron chi connectivity index (χ4n) is 1.98. The summed E-state index contributed by atoms with van der Waals surface area (Å²) < 4.78 is 1.88. The van der Waals surface area contributed by atoms with Gasteiger partial charge in [0.2, 0.25) is 4.96 Å². The average molecular weight is 284 g/mol. The highest BCUT2D eigenvalue weighted by molar-refractivity contribution is 7.15. The lowest BCUT2D eigenvalue weighted by Gasteiger charge is -1.94. The Hall–Kier alpha value is -1.98. The molecule has 0 radical (unpaired) electrons. The minimum atomic E-state index is 0.625. The van der Waals surface area contributed by atoms with Crippen LogP contribution in [0.1, 0.15) is 22.6 Å². The van der Waals surface area contributed by atoms with Crippen LogP contribution in [-0.4, -0.2) is 21.1 Å². The first-order chi connectivity index (χ1) is 9.76. The zero-order valence-electron chi connectivity index (χ0n) is 11.3. The Labute approximate surface area is 121 Å². The summed E-state index contributed by atoms with van der Waals surface area (Å²) in [7, 11) is 0. The van der Waals surface area contributed by atoms with Crippen LogP contribution in [0.3, 0.4) is 0 Å². The van der Waals surface area contributed by atoms with Crippen LogP contribution in [0, 0.1) is 6.92 Å². The van der Waals surface area contributed by atoms with Gasteiger partial charge in [0.15, 0.2) is 5.82 Å². The molecule has 3 rings (SSSR count). The van der Waals surface area contributed by atoms with Gasteiger partial charge in [0.1, 0.15) is 0 Å². The molecule has 0 unspecified atom stereocenters. The lowest BCUT2D eigenvalue weighted by atomic mass is 10.1. The molecule has 0 aliphatic carbocycles. The predicted octanol–water partition coefficient (Wildman–Crippen LogP) is 2.77. The smallest absolute Gasteiger partial charge is 0.212 e. The molecule has 0 fully saturated rings. The monoisotopic (exact) mass is 284 g/mol. The molecular formula is C15H16N4S. The Morgan fingerprint density at radius 2 is 2.05 bits per heavy atom. The van der Waals surface area contributed by atoms with Crippen molar-refractivity contribution < 1.29 is 0 Å². The van der Waals surface area contributed by atoms with Crippen molar-refractivity contribution in [1.29, 1.82) is 0 Å². The number of benzene rings is 1. The van der Waals surface area contributed by atoms with Crippen LogP contribution in [0.5, 0.6) is 0 Å². The molecule has 2 aromatic heterocycles. The van der Waals surface area contributed by atoms with Crippen LogP contribution < -0.4 is 5.73 Å². The lowest BCUT2D eigenvalue weighted by molar-refractivity contribution is 0.839. The molecule has 2 N–H and O–H groups in total. The normalized spacial score (nSPS) is 11.7. The van der Waals surface area contributed by atoms with Gasteiger partial charge in [0.05, 0.1) is 5.69 Å². The van der Waals surface area contributed by atoms with Crippen molar-refractivity contribution in [2.45, 2.75) is 13.3 Å². The van der Waals surface area contributed by atoms with E-state index in [0.717, 1.165) is 28.5 Å². The minimum absolute atomic E-state index is 0.625. The van der Waals surface area contributed by atoms with Gasteiger partial charge < -0.3 is 5.73 Å². The van der Waals surface area contributed by atoms with E-state index in [1.807, 2.05) is 16.7 Å². The Bertz CT molecular complexity index is 737. The third-order valence-electron chi connectivity index (χ3n) is 3.07. The topological polar surface area (TPSA) is 56.2 Å². The van der Waals surface area contributed by atoms with Gasteiger partial charge in [-0.15, -0.1) is 16.4 Å². The molecular weight excluding hydrogens is 268 g/mol. The highest BCUT2D eigenvalue weighted by Crippen LogP contribution is 2.16. The number of aryl methyl sites for hydroxylation is 1. The zero-order valence-corrected chi connectivity index (χ0v) is 12.1. The van der Waals surface area contributed by atoms with Crippen LogP contribution in [0.15, 0.2) is 29.6 Å². The first kappa shape index (κ1) is 13.0. The largest absolute Gasteiger partial charge is 0.330 e. The summed E-state index contributed by atoms with van der Waals surface area (Å²) in [6.45, 7) is 2.71. The number of nitrogens with two attached hydrogens (primary N) is 1. The summed E-state index contributed by atoms with van der Waals surface area (Å²) in [6.07, 6.45) is 4.79. The molecule has 0 saturated carbocycles. The Balaban J connectivity index is 1.85. The van der Waals surface area contributed by atoms with Crippen molar-refractivity contribution in [3.63, 3.8) is 0 Å². The van der Waals surface area contributed by atoms with Crippen molar-refractivity contribution in [1.82, 2.24) is 14.6 Å². The van der Waals surface area contributed by atoms with Crippen molar-refractivity contribution >= 4 is 28.4 Å².